The Kier molecular flexibility index (Phi) is 10.1. The van der Waals surface area contributed by atoms with Crippen molar-refractivity contribution in [2.24, 2.45) is 5.92 Å². The molecule has 0 bridgehead atoms. The molecule has 0 spiro atoms. The van der Waals surface area contributed by atoms with Crippen LogP contribution in [0, 0.1) is 5.92 Å². The van der Waals surface area contributed by atoms with Gasteiger partial charge in [-0.1, -0.05) is 31.2 Å². The lowest BCUT2D eigenvalue weighted by Gasteiger charge is -2.34. The lowest BCUT2D eigenvalue weighted by molar-refractivity contribution is -0.134. The summed E-state index contributed by atoms with van der Waals surface area (Å²) in [5.74, 6) is 0.499. The van der Waals surface area contributed by atoms with Crippen molar-refractivity contribution < 1.29 is 19.4 Å². The number of fused-ring (bicyclic) bond motifs is 1. The van der Waals surface area contributed by atoms with Crippen LogP contribution in [0.1, 0.15) is 35.3 Å². The zero-order valence-electron chi connectivity index (χ0n) is 25.2. The summed E-state index contributed by atoms with van der Waals surface area (Å²) in [6.45, 7) is 5.64. The number of nitrogens with two attached hydrogens (primary N) is 1. The van der Waals surface area contributed by atoms with E-state index in [1.165, 1.54) is 0 Å². The fourth-order valence-corrected chi connectivity index (χ4v) is 5.16. The van der Waals surface area contributed by atoms with Crippen LogP contribution < -0.4 is 20.7 Å². The Balaban J connectivity index is 1.48. The molecule has 1 aliphatic heterocycles. The number of rotatable bonds is 9. The number of carbonyl (C=O) groups is 2. The van der Waals surface area contributed by atoms with Gasteiger partial charge in [0.05, 0.1) is 30.4 Å². The van der Waals surface area contributed by atoms with Crippen LogP contribution in [0.25, 0.3) is 0 Å². The minimum absolute atomic E-state index is 0.0152. The topological polar surface area (TPSA) is 111 Å². The van der Waals surface area contributed by atoms with Crippen LogP contribution in [-0.4, -0.2) is 79.7 Å². The zero-order valence-corrected chi connectivity index (χ0v) is 25.2. The summed E-state index contributed by atoms with van der Waals surface area (Å²) in [6.07, 6.45) is 0.0209. The molecule has 0 unspecified atom stereocenters. The molecule has 0 aromatic heterocycles. The number of benzene rings is 3. The first kappa shape index (κ1) is 30.9. The van der Waals surface area contributed by atoms with Gasteiger partial charge in [0, 0.05) is 56.5 Å². The fraction of sp³-hybridized carbons (Fsp3) is 0.394. The highest BCUT2D eigenvalue weighted by Crippen LogP contribution is 2.30. The summed E-state index contributed by atoms with van der Waals surface area (Å²) in [4.78, 5) is 32.1. The molecule has 1 aliphatic rings. The number of hydrogen-bond acceptors (Lipinski definition) is 7. The molecular formula is C33H43N5O4. The van der Waals surface area contributed by atoms with Gasteiger partial charge in [-0.05, 0) is 62.0 Å². The summed E-state index contributed by atoms with van der Waals surface area (Å²) >= 11 is 0. The molecule has 42 heavy (non-hydrogen) atoms. The summed E-state index contributed by atoms with van der Waals surface area (Å²) in [5.41, 5.74) is 10.5. The van der Waals surface area contributed by atoms with Crippen LogP contribution in [0.3, 0.4) is 0 Å². The van der Waals surface area contributed by atoms with E-state index >= 15 is 0 Å². The molecule has 2 amide bonds. The first-order valence-electron chi connectivity index (χ1n) is 14.4. The first-order chi connectivity index (χ1) is 20.0. The van der Waals surface area contributed by atoms with Crippen LogP contribution in [-0.2, 0) is 17.8 Å². The summed E-state index contributed by atoms with van der Waals surface area (Å²) in [5, 5.41) is 12.7. The molecule has 3 aromatic carbocycles. The Morgan fingerprint density at radius 1 is 1.12 bits per heavy atom. The van der Waals surface area contributed by atoms with Crippen molar-refractivity contribution in [3.8, 4) is 5.75 Å². The summed E-state index contributed by atoms with van der Waals surface area (Å²) < 4.78 is 6.63. The molecule has 9 nitrogen and oxygen atoms in total. The third kappa shape index (κ3) is 7.60. The molecule has 4 rings (SSSR count). The highest BCUT2D eigenvalue weighted by atomic mass is 16.5. The van der Waals surface area contributed by atoms with E-state index in [1.807, 2.05) is 87.6 Å². The van der Waals surface area contributed by atoms with E-state index in [2.05, 4.69) is 17.1 Å². The minimum Gasteiger partial charge on any atom is -0.488 e. The third-order valence-corrected chi connectivity index (χ3v) is 7.79. The quantitative estimate of drug-likeness (QED) is 0.333. The molecule has 4 N–H and O–H groups in total. The maximum atomic E-state index is 13.4. The summed E-state index contributed by atoms with van der Waals surface area (Å²) in [6, 6.07) is 20.4. The second-order valence-electron chi connectivity index (χ2n) is 11.5. The molecule has 0 saturated heterocycles. The molecule has 0 aliphatic carbocycles. The Hall–Kier alpha value is -4.08. The predicted octanol–water partition coefficient (Wildman–Crippen LogP) is 3.87. The molecule has 224 valence electrons. The van der Waals surface area contributed by atoms with Crippen molar-refractivity contribution in [1.82, 2.24) is 9.80 Å². The third-order valence-electron chi connectivity index (χ3n) is 7.79. The van der Waals surface area contributed by atoms with E-state index in [0.29, 0.717) is 42.3 Å². The number of aliphatic hydroxyl groups excluding tert-OH is 1. The number of likely N-dealkylation sites (N-methyl/N-ethyl adjacent to an activating group) is 1. The normalized spacial score (nSPS) is 17.9. The van der Waals surface area contributed by atoms with Crippen molar-refractivity contribution >= 4 is 28.9 Å². The molecular weight excluding hydrogens is 530 g/mol. The van der Waals surface area contributed by atoms with Crippen molar-refractivity contribution in [2.45, 2.75) is 39.0 Å². The van der Waals surface area contributed by atoms with Crippen LogP contribution in [0.2, 0.25) is 0 Å². The van der Waals surface area contributed by atoms with Gasteiger partial charge in [0.1, 0.15) is 11.9 Å². The van der Waals surface area contributed by atoms with Gasteiger partial charge in [-0.2, -0.15) is 0 Å². The monoisotopic (exact) mass is 573 g/mol. The number of anilines is 3. The van der Waals surface area contributed by atoms with Gasteiger partial charge in [-0.3, -0.25) is 14.5 Å². The SMILES string of the molecule is C[C@@H]1CN([C@@H](C)CO)C(=O)Cc2cc(N(C)C)ccc2O[C@@H]1CN(C)Cc1ccc(C(=O)Nc2ccccc2N)cc1. The van der Waals surface area contributed by atoms with Gasteiger partial charge in [0.15, 0.2) is 0 Å². The number of ether oxygens (including phenoxy) is 1. The number of aliphatic hydroxyl groups is 1. The van der Waals surface area contributed by atoms with Crippen LogP contribution >= 0.6 is 0 Å². The van der Waals surface area contributed by atoms with Crippen LogP contribution in [0.4, 0.5) is 17.1 Å². The largest absolute Gasteiger partial charge is 0.488 e. The standard InChI is InChI=1S/C33H43N5O4/c1-22-18-38(23(2)21-39)32(40)17-26-16-27(36(3)4)14-15-30(26)42-31(22)20-37(5)19-24-10-12-25(13-11-24)33(41)35-29-9-7-6-8-28(29)34/h6-16,22-23,31,39H,17-21,34H2,1-5H3,(H,35,41)/t22-,23+,31-/m1/s1. The van der Waals surface area contributed by atoms with Gasteiger partial charge >= 0.3 is 0 Å². The Bertz CT molecular complexity index is 1380. The number of para-hydroxylation sites is 2. The molecule has 0 saturated carbocycles. The number of nitrogens with zero attached hydrogens (tertiary/aromatic N) is 3. The molecule has 9 heteroatoms. The zero-order chi connectivity index (χ0) is 30.4. The average molecular weight is 574 g/mol. The van der Waals surface area contributed by atoms with E-state index in [4.69, 9.17) is 10.5 Å². The van der Waals surface area contributed by atoms with Gasteiger partial charge in [-0.15, -0.1) is 0 Å². The molecule has 1 heterocycles. The van der Waals surface area contributed by atoms with Crippen molar-refractivity contribution in [2.75, 3.05) is 56.8 Å². The van der Waals surface area contributed by atoms with E-state index in [-0.39, 0.29) is 42.9 Å². The van der Waals surface area contributed by atoms with Gasteiger partial charge < -0.3 is 30.7 Å². The van der Waals surface area contributed by atoms with Crippen molar-refractivity contribution in [1.29, 1.82) is 0 Å². The molecule has 0 fully saturated rings. The number of carbonyl (C=O) groups excluding carboxylic acids is 2. The Morgan fingerprint density at radius 2 is 1.83 bits per heavy atom. The Labute approximate surface area is 248 Å². The number of nitrogen functional groups attached to an aromatic ring is 1. The lowest BCUT2D eigenvalue weighted by atomic mass is 10.0. The van der Waals surface area contributed by atoms with Crippen molar-refractivity contribution in [3.05, 3.63) is 83.4 Å². The maximum absolute atomic E-state index is 13.4. The second kappa shape index (κ2) is 13.7. The van der Waals surface area contributed by atoms with E-state index in [0.717, 1.165) is 16.8 Å². The fourth-order valence-electron chi connectivity index (χ4n) is 5.16. The predicted molar refractivity (Wildman–Crippen MR) is 168 cm³/mol. The van der Waals surface area contributed by atoms with E-state index in [9.17, 15) is 14.7 Å². The van der Waals surface area contributed by atoms with E-state index < -0.39 is 0 Å². The van der Waals surface area contributed by atoms with Gasteiger partial charge in [0.25, 0.3) is 5.91 Å². The molecule has 3 aromatic rings. The van der Waals surface area contributed by atoms with Crippen molar-refractivity contribution in [3.63, 3.8) is 0 Å². The molecule has 0 radical (unpaired) electrons. The molecule has 3 atom stereocenters. The average Bonchev–Trinajstić information content (AvgIpc) is 3.01. The van der Waals surface area contributed by atoms with Crippen LogP contribution in [0.5, 0.6) is 5.75 Å². The van der Waals surface area contributed by atoms with Gasteiger partial charge in [-0.25, -0.2) is 0 Å². The van der Waals surface area contributed by atoms with Gasteiger partial charge in [0.2, 0.25) is 5.91 Å². The lowest BCUT2D eigenvalue weighted by Crippen LogP contribution is -2.47. The maximum Gasteiger partial charge on any atom is 0.255 e. The minimum atomic E-state index is -0.286. The van der Waals surface area contributed by atoms with E-state index in [1.54, 1.807) is 17.0 Å². The number of hydrogen-bond donors (Lipinski definition) is 3. The second-order valence-corrected chi connectivity index (χ2v) is 11.5. The Morgan fingerprint density at radius 3 is 2.50 bits per heavy atom. The van der Waals surface area contributed by atoms with Crippen LogP contribution in [0.15, 0.2) is 66.7 Å². The highest BCUT2D eigenvalue weighted by molar-refractivity contribution is 6.05. The smallest absolute Gasteiger partial charge is 0.255 e. The number of amides is 2. The number of nitrogens with one attached hydrogen (secondary N) is 1. The first-order valence-corrected chi connectivity index (χ1v) is 14.4. The highest BCUT2D eigenvalue weighted by Gasteiger charge is 2.31. The summed E-state index contributed by atoms with van der Waals surface area (Å²) in [7, 11) is 5.98.